The Bertz CT molecular complexity index is 885. The summed E-state index contributed by atoms with van der Waals surface area (Å²) in [6.45, 7) is 5.59. The van der Waals surface area contributed by atoms with Crippen molar-refractivity contribution in [3.8, 4) is 0 Å². The molecule has 152 valence electrons. The molecule has 1 atom stereocenters. The normalized spacial score (nSPS) is 12.8. The molecular formula is C18H20F3N3O2S2. The van der Waals surface area contributed by atoms with Crippen LogP contribution in [0.1, 0.15) is 32.0 Å². The number of para-hydroxylation sites is 1. The molecule has 0 radical (unpaired) electrons. The van der Waals surface area contributed by atoms with E-state index in [1.807, 2.05) is 13.8 Å². The molecule has 1 aromatic heterocycles. The van der Waals surface area contributed by atoms with Crippen LogP contribution >= 0.6 is 23.5 Å². The average molecular weight is 432 g/mol. The standard InChI is InChI=1S/C18H20F3N3O2S2/c1-10(2)27-9-12-8-15(25)24-17(22-12)28-11(3)16(26)23-14-7-5-4-6-13(14)18(19,20)21/h4-8,10-11H,9H2,1-3H3,(H,23,26)(H,22,24,25). The van der Waals surface area contributed by atoms with Crippen molar-refractivity contribution in [3.05, 3.63) is 51.9 Å². The van der Waals surface area contributed by atoms with E-state index in [0.717, 1.165) is 17.8 Å². The van der Waals surface area contributed by atoms with E-state index in [4.69, 9.17) is 0 Å². The van der Waals surface area contributed by atoms with Gasteiger partial charge in [-0.3, -0.25) is 9.59 Å². The number of halogens is 3. The molecule has 2 aromatic rings. The van der Waals surface area contributed by atoms with Gasteiger partial charge in [-0.1, -0.05) is 37.7 Å². The number of carbonyl (C=O) groups excluding carboxylic acids is 1. The molecule has 0 fully saturated rings. The lowest BCUT2D eigenvalue weighted by Gasteiger charge is -2.16. The molecular weight excluding hydrogens is 411 g/mol. The van der Waals surface area contributed by atoms with Crippen molar-refractivity contribution in [1.82, 2.24) is 9.97 Å². The SMILES string of the molecule is CC(C)SCc1cc(=O)[nH]c(SC(C)C(=O)Nc2ccccc2C(F)(F)F)n1. The lowest BCUT2D eigenvalue weighted by atomic mass is 10.1. The molecule has 0 spiro atoms. The molecule has 1 aromatic carbocycles. The Kier molecular flexibility index (Phi) is 7.59. The number of hydrogen-bond donors (Lipinski definition) is 2. The van der Waals surface area contributed by atoms with Gasteiger partial charge in [-0.05, 0) is 24.3 Å². The van der Waals surface area contributed by atoms with Crippen molar-refractivity contribution in [2.45, 2.75) is 48.4 Å². The molecule has 5 nitrogen and oxygen atoms in total. The number of alkyl halides is 3. The molecule has 0 aliphatic heterocycles. The summed E-state index contributed by atoms with van der Waals surface area (Å²) in [5.41, 5.74) is -0.984. The molecule has 0 saturated carbocycles. The Labute approximate surface area is 168 Å². The van der Waals surface area contributed by atoms with Gasteiger partial charge in [-0.2, -0.15) is 24.9 Å². The van der Waals surface area contributed by atoms with E-state index in [-0.39, 0.29) is 16.4 Å². The van der Waals surface area contributed by atoms with Crippen LogP contribution < -0.4 is 10.9 Å². The van der Waals surface area contributed by atoms with E-state index in [0.29, 0.717) is 16.7 Å². The highest BCUT2D eigenvalue weighted by atomic mass is 32.2. The summed E-state index contributed by atoms with van der Waals surface area (Å²) >= 11 is 2.60. The highest BCUT2D eigenvalue weighted by Gasteiger charge is 2.34. The van der Waals surface area contributed by atoms with Gasteiger partial charge in [0.15, 0.2) is 5.16 Å². The van der Waals surface area contributed by atoms with Crippen LogP contribution in [-0.4, -0.2) is 26.4 Å². The second-order valence-corrected chi connectivity index (χ2v) is 9.09. The number of aromatic nitrogens is 2. The minimum Gasteiger partial charge on any atom is -0.325 e. The zero-order valence-electron chi connectivity index (χ0n) is 15.5. The van der Waals surface area contributed by atoms with Crippen molar-refractivity contribution >= 4 is 35.1 Å². The highest BCUT2D eigenvalue weighted by Crippen LogP contribution is 2.35. The van der Waals surface area contributed by atoms with E-state index in [2.05, 4.69) is 15.3 Å². The number of aromatic amines is 1. The van der Waals surface area contributed by atoms with E-state index >= 15 is 0 Å². The zero-order valence-corrected chi connectivity index (χ0v) is 17.1. The van der Waals surface area contributed by atoms with Crippen LogP contribution in [0.15, 0.2) is 40.3 Å². The summed E-state index contributed by atoms with van der Waals surface area (Å²) in [7, 11) is 0. The van der Waals surface area contributed by atoms with Crippen LogP contribution in [0, 0.1) is 0 Å². The number of nitrogens with one attached hydrogen (secondary N) is 2. The highest BCUT2D eigenvalue weighted by molar-refractivity contribution is 8.00. The van der Waals surface area contributed by atoms with Crippen molar-refractivity contribution < 1.29 is 18.0 Å². The maximum Gasteiger partial charge on any atom is 0.418 e. The predicted molar refractivity (Wildman–Crippen MR) is 107 cm³/mol. The van der Waals surface area contributed by atoms with Crippen LogP contribution in [0.4, 0.5) is 18.9 Å². The second-order valence-electron chi connectivity index (χ2n) is 6.19. The number of carbonyl (C=O) groups is 1. The summed E-state index contributed by atoms with van der Waals surface area (Å²) < 4.78 is 39.2. The fourth-order valence-electron chi connectivity index (χ4n) is 2.16. The molecule has 0 saturated heterocycles. The zero-order chi connectivity index (χ0) is 20.9. The number of thioether (sulfide) groups is 2. The van der Waals surface area contributed by atoms with Gasteiger partial charge in [-0.25, -0.2) is 4.98 Å². The third-order valence-corrected chi connectivity index (χ3v) is 5.60. The van der Waals surface area contributed by atoms with Crippen LogP contribution in [0.25, 0.3) is 0 Å². The van der Waals surface area contributed by atoms with Crippen molar-refractivity contribution in [2.24, 2.45) is 0 Å². The van der Waals surface area contributed by atoms with Gasteiger partial charge < -0.3 is 10.3 Å². The van der Waals surface area contributed by atoms with Gasteiger partial charge in [0.05, 0.1) is 22.2 Å². The van der Waals surface area contributed by atoms with Crippen LogP contribution in [0.2, 0.25) is 0 Å². The number of anilines is 1. The smallest absolute Gasteiger partial charge is 0.325 e. The first-order chi connectivity index (χ1) is 13.1. The van der Waals surface area contributed by atoms with Crippen molar-refractivity contribution in [1.29, 1.82) is 0 Å². The predicted octanol–water partition coefficient (Wildman–Crippen LogP) is 4.55. The van der Waals surface area contributed by atoms with Gasteiger partial charge in [0, 0.05) is 11.8 Å². The van der Waals surface area contributed by atoms with E-state index in [1.54, 1.807) is 11.8 Å². The molecule has 0 bridgehead atoms. The summed E-state index contributed by atoms with van der Waals surface area (Å²) in [5, 5.41) is 2.16. The quantitative estimate of drug-likeness (QED) is 0.497. The van der Waals surface area contributed by atoms with Crippen LogP contribution in [-0.2, 0) is 16.7 Å². The Balaban J connectivity index is 2.10. The molecule has 10 heteroatoms. The van der Waals surface area contributed by atoms with E-state index < -0.39 is 22.9 Å². The minimum absolute atomic E-state index is 0.249. The lowest BCUT2D eigenvalue weighted by molar-refractivity contribution is -0.137. The summed E-state index contributed by atoms with van der Waals surface area (Å²) in [5.74, 6) is -0.0689. The van der Waals surface area contributed by atoms with Gasteiger partial charge >= 0.3 is 6.18 Å². The number of hydrogen-bond acceptors (Lipinski definition) is 5. The molecule has 1 amide bonds. The number of benzene rings is 1. The molecule has 2 rings (SSSR count). The summed E-state index contributed by atoms with van der Waals surface area (Å²) in [6, 6.07) is 6.16. The fraction of sp³-hybridized carbons (Fsp3) is 0.389. The first-order valence-corrected chi connectivity index (χ1v) is 10.3. The maximum atomic E-state index is 13.1. The van der Waals surface area contributed by atoms with E-state index in [9.17, 15) is 22.8 Å². The van der Waals surface area contributed by atoms with Gasteiger partial charge in [0.1, 0.15) is 0 Å². The van der Waals surface area contributed by atoms with Crippen LogP contribution in [0.3, 0.4) is 0 Å². The van der Waals surface area contributed by atoms with Crippen molar-refractivity contribution in [3.63, 3.8) is 0 Å². The topological polar surface area (TPSA) is 74.8 Å². The fourth-order valence-corrected chi connectivity index (χ4v) is 3.64. The molecule has 28 heavy (non-hydrogen) atoms. The first kappa shape index (κ1) is 22.4. The first-order valence-electron chi connectivity index (χ1n) is 8.42. The Morgan fingerprint density at radius 1 is 1.25 bits per heavy atom. The molecule has 1 unspecified atom stereocenters. The number of nitrogens with zero attached hydrogens (tertiary/aromatic N) is 1. The van der Waals surface area contributed by atoms with Crippen molar-refractivity contribution in [2.75, 3.05) is 5.32 Å². The molecule has 0 aliphatic rings. The molecule has 1 heterocycles. The third kappa shape index (κ3) is 6.59. The maximum absolute atomic E-state index is 13.1. The number of rotatable bonds is 7. The minimum atomic E-state index is -4.57. The van der Waals surface area contributed by atoms with E-state index in [1.165, 1.54) is 31.2 Å². The van der Waals surface area contributed by atoms with Crippen LogP contribution in [0.5, 0.6) is 0 Å². The van der Waals surface area contributed by atoms with Gasteiger partial charge in [0.25, 0.3) is 5.56 Å². The second kappa shape index (κ2) is 9.51. The van der Waals surface area contributed by atoms with Gasteiger partial charge in [0.2, 0.25) is 5.91 Å². The Morgan fingerprint density at radius 2 is 1.93 bits per heavy atom. The summed E-state index contributed by atoms with van der Waals surface area (Å²) in [4.78, 5) is 31.0. The Morgan fingerprint density at radius 3 is 2.57 bits per heavy atom. The average Bonchev–Trinajstić information content (AvgIpc) is 2.59. The molecule has 0 aliphatic carbocycles. The third-order valence-electron chi connectivity index (χ3n) is 3.49. The summed E-state index contributed by atoms with van der Waals surface area (Å²) in [6.07, 6.45) is -4.57. The largest absolute Gasteiger partial charge is 0.418 e. The Hall–Kier alpha value is -1.94. The van der Waals surface area contributed by atoms with Gasteiger partial charge in [-0.15, -0.1) is 0 Å². The monoisotopic (exact) mass is 431 g/mol. The number of amides is 1. The number of H-pyrrole nitrogens is 1. The lowest BCUT2D eigenvalue weighted by Crippen LogP contribution is -2.25. The molecule has 2 N–H and O–H groups in total.